The van der Waals surface area contributed by atoms with Gasteiger partial charge in [-0.1, -0.05) is 0 Å². The SMILES string of the molecule is CNC(=O)[C@@H]1[C@H]2C(=O)N(CCCO)C(C(=O)Nc3ccc(OC)cc3)C23CC[C@@]1(C)O3. The number of fused-ring (bicyclic) bond motifs is 1. The molecule has 2 unspecified atom stereocenters. The average molecular weight is 431 g/mol. The van der Waals surface area contributed by atoms with E-state index in [4.69, 9.17) is 9.47 Å². The first kappa shape index (κ1) is 21.6. The molecule has 0 radical (unpaired) electrons. The number of nitrogens with one attached hydrogen (secondary N) is 2. The van der Waals surface area contributed by atoms with E-state index in [1.165, 1.54) is 4.90 Å². The molecule has 31 heavy (non-hydrogen) atoms. The summed E-state index contributed by atoms with van der Waals surface area (Å²) in [7, 11) is 3.11. The number of rotatable bonds is 7. The number of aliphatic hydroxyl groups is 1. The lowest BCUT2D eigenvalue weighted by Gasteiger charge is -2.33. The van der Waals surface area contributed by atoms with Crippen LogP contribution >= 0.6 is 0 Å². The number of amides is 3. The van der Waals surface area contributed by atoms with Gasteiger partial charge in [0.25, 0.3) is 0 Å². The Balaban J connectivity index is 1.69. The summed E-state index contributed by atoms with van der Waals surface area (Å²) in [4.78, 5) is 41.2. The molecule has 168 valence electrons. The van der Waals surface area contributed by atoms with Crippen molar-refractivity contribution in [3.05, 3.63) is 24.3 Å². The zero-order valence-corrected chi connectivity index (χ0v) is 18.0. The molecule has 3 aliphatic rings. The van der Waals surface area contributed by atoms with Crippen molar-refractivity contribution < 1.29 is 29.0 Å². The molecule has 3 heterocycles. The Bertz CT molecular complexity index is 890. The highest BCUT2D eigenvalue weighted by atomic mass is 16.5. The molecule has 0 saturated carbocycles. The van der Waals surface area contributed by atoms with Gasteiger partial charge < -0.3 is 30.1 Å². The lowest BCUT2D eigenvalue weighted by atomic mass is 9.66. The van der Waals surface area contributed by atoms with Crippen LogP contribution < -0.4 is 15.4 Å². The number of carbonyl (C=O) groups excluding carboxylic acids is 3. The average Bonchev–Trinajstić information content (AvgIpc) is 3.33. The molecule has 0 aliphatic carbocycles. The molecule has 1 aromatic rings. The molecule has 3 amide bonds. The molecule has 5 atom stereocenters. The van der Waals surface area contributed by atoms with Crippen LogP contribution in [0.15, 0.2) is 24.3 Å². The van der Waals surface area contributed by atoms with Gasteiger partial charge in [0.05, 0.1) is 24.5 Å². The second-order valence-corrected chi connectivity index (χ2v) is 8.67. The summed E-state index contributed by atoms with van der Waals surface area (Å²) in [5.41, 5.74) is -1.28. The monoisotopic (exact) mass is 431 g/mol. The quantitative estimate of drug-likeness (QED) is 0.580. The van der Waals surface area contributed by atoms with Crippen molar-refractivity contribution >= 4 is 23.4 Å². The first-order valence-electron chi connectivity index (χ1n) is 10.6. The fourth-order valence-corrected chi connectivity index (χ4v) is 5.65. The van der Waals surface area contributed by atoms with Gasteiger partial charge in [-0.05, 0) is 50.5 Å². The Morgan fingerprint density at radius 2 is 1.97 bits per heavy atom. The molecule has 3 N–H and O–H groups in total. The summed E-state index contributed by atoms with van der Waals surface area (Å²) < 4.78 is 11.6. The maximum absolute atomic E-state index is 13.5. The maximum atomic E-state index is 13.5. The van der Waals surface area contributed by atoms with Crippen LogP contribution in [0.4, 0.5) is 5.69 Å². The van der Waals surface area contributed by atoms with Crippen LogP contribution in [0.25, 0.3) is 0 Å². The minimum atomic E-state index is -1.06. The van der Waals surface area contributed by atoms with Gasteiger partial charge in [-0.15, -0.1) is 0 Å². The Morgan fingerprint density at radius 3 is 2.58 bits per heavy atom. The molecule has 4 rings (SSSR count). The molecule has 1 aromatic carbocycles. The minimum absolute atomic E-state index is 0.105. The van der Waals surface area contributed by atoms with Crippen LogP contribution in [-0.4, -0.2) is 72.3 Å². The van der Waals surface area contributed by atoms with Crippen LogP contribution in [-0.2, 0) is 19.1 Å². The van der Waals surface area contributed by atoms with Crippen molar-refractivity contribution in [3.63, 3.8) is 0 Å². The number of hydrogen-bond donors (Lipinski definition) is 3. The maximum Gasteiger partial charge on any atom is 0.250 e. The summed E-state index contributed by atoms with van der Waals surface area (Å²) >= 11 is 0. The second kappa shape index (κ2) is 7.80. The number of anilines is 1. The summed E-state index contributed by atoms with van der Waals surface area (Å²) in [5.74, 6) is -1.59. The van der Waals surface area contributed by atoms with Crippen molar-refractivity contribution in [2.75, 3.05) is 32.6 Å². The number of carbonyl (C=O) groups is 3. The summed E-state index contributed by atoms with van der Waals surface area (Å²) in [6, 6.07) is 6.04. The molecule has 3 fully saturated rings. The summed E-state index contributed by atoms with van der Waals surface area (Å²) in [6.07, 6.45) is 1.45. The van der Waals surface area contributed by atoms with Crippen molar-refractivity contribution in [1.29, 1.82) is 0 Å². The van der Waals surface area contributed by atoms with E-state index in [-0.39, 0.29) is 30.9 Å². The Hall–Kier alpha value is -2.65. The second-order valence-electron chi connectivity index (χ2n) is 8.67. The van der Waals surface area contributed by atoms with E-state index in [2.05, 4.69) is 10.6 Å². The number of likely N-dealkylation sites (tertiary alicyclic amines) is 1. The van der Waals surface area contributed by atoms with Gasteiger partial charge in [-0.3, -0.25) is 14.4 Å². The van der Waals surface area contributed by atoms with Gasteiger partial charge in [0.1, 0.15) is 17.4 Å². The fourth-order valence-electron chi connectivity index (χ4n) is 5.65. The van der Waals surface area contributed by atoms with E-state index in [1.54, 1.807) is 38.4 Å². The number of ether oxygens (including phenoxy) is 2. The topological polar surface area (TPSA) is 117 Å². The third-order valence-corrected chi connectivity index (χ3v) is 6.97. The van der Waals surface area contributed by atoms with E-state index in [9.17, 15) is 19.5 Å². The lowest BCUT2D eigenvalue weighted by molar-refractivity contribution is -0.144. The molecular formula is C22H29N3O6. The predicted octanol–water partition coefficient (Wildman–Crippen LogP) is 0.527. The van der Waals surface area contributed by atoms with Crippen molar-refractivity contribution in [1.82, 2.24) is 10.2 Å². The summed E-state index contributed by atoms with van der Waals surface area (Å²) in [6.45, 7) is 1.96. The van der Waals surface area contributed by atoms with E-state index < -0.39 is 29.1 Å². The van der Waals surface area contributed by atoms with E-state index in [1.807, 2.05) is 6.92 Å². The van der Waals surface area contributed by atoms with Crippen molar-refractivity contribution in [2.45, 2.75) is 43.4 Å². The molecule has 9 heteroatoms. The van der Waals surface area contributed by atoms with Gasteiger partial charge in [0.2, 0.25) is 17.7 Å². The lowest BCUT2D eigenvalue weighted by Crippen LogP contribution is -2.53. The molecule has 2 bridgehead atoms. The van der Waals surface area contributed by atoms with Crippen LogP contribution in [0.1, 0.15) is 26.2 Å². The number of aliphatic hydroxyl groups excluding tert-OH is 1. The molecule has 3 aliphatic heterocycles. The molecule has 3 saturated heterocycles. The molecule has 9 nitrogen and oxygen atoms in total. The largest absolute Gasteiger partial charge is 0.497 e. The van der Waals surface area contributed by atoms with Gasteiger partial charge in [0.15, 0.2) is 0 Å². The molecule has 0 aromatic heterocycles. The molecule has 1 spiro atoms. The van der Waals surface area contributed by atoms with Crippen molar-refractivity contribution in [2.24, 2.45) is 11.8 Å². The first-order chi connectivity index (χ1) is 14.8. The zero-order chi connectivity index (χ0) is 22.4. The summed E-state index contributed by atoms with van der Waals surface area (Å²) in [5, 5.41) is 14.9. The highest BCUT2D eigenvalue weighted by Crippen LogP contribution is 2.63. The predicted molar refractivity (Wildman–Crippen MR) is 111 cm³/mol. The number of nitrogens with zero attached hydrogens (tertiary/aromatic N) is 1. The van der Waals surface area contributed by atoms with Crippen molar-refractivity contribution in [3.8, 4) is 5.75 Å². The zero-order valence-electron chi connectivity index (χ0n) is 18.0. The van der Waals surface area contributed by atoms with E-state index in [0.717, 1.165) is 0 Å². The Labute approximate surface area is 181 Å². The van der Waals surface area contributed by atoms with E-state index >= 15 is 0 Å². The number of methoxy groups -OCH3 is 1. The Morgan fingerprint density at radius 1 is 1.26 bits per heavy atom. The van der Waals surface area contributed by atoms with Gasteiger partial charge in [-0.2, -0.15) is 0 Å². The number of hydrogen-bond acceptors (Lipinski definition) is 6. The van der Waals surface area contributed by atoms with Crippen LogP contribution in [0.5, 0.6) is 5.75 Å². The van der Waals surface area contributed by atoms with E-state index in [0.29, 0.717) is 30.7 Å². The third kappa shape index (κ3) is 3.18. The van der Waals surface area contributed by atoms with Gasteiger partial charge in [0, 0.05) is 25.9 Å². The minimum Gasteiger partial charge on any atom is -0.497 e. The van der Waals surface area contributed by atoms with Crippen LogP contribution in [0.2, 0.25) is 0 Å². The number of benzene rings is 1. The fraction of sp³-hybridized carbons (Fsp3) is 0.591. The van der Waals surface area contributed by atoms with Crippen LogP contribution in [0, 0.1) is 11.8 Å². The standard InChI is InChI=1S/C22H29N3O6/c1-21-9-10-22(31-21)16(15(21)18(27)23-2)20(29)25(11-4-12-26)17(22)19(28)24-13-5-7-14(30-3)8-6-13/h5-8,15-17,26H,4,9-12H2,1-3H3,(H,23,27)(H,24,28)/t15-,16-,17?,21+,22?/m0/s1. The normalized spacial score (nSPS) is 33.4. The van der Waals surface area contributed by atoms with Gasteiger partial charge in [-0.25, -0.2) is 0 Å². The molecular weight excluding hydrogens is 402 g/mol. The van der Waals surface area contributed by atoms with Gasteiger partial charge >= 0.3 is 0 Å². The first-order valence-corrected chi connectivity index (χ1v) is 10.6. The third-order valence-electron chi connectivity index (χ3n) is 6.97. The highest BCUT2D eigenvalue weighted by molar-refractivity contribution is 6.03. The Kier molecular flexibility index (Phi) is 5.43. The smallest absolute Gasteiger partial charge is 0.250 e. The van der Waals surface area contributed by atoms with Crippen LogP contribution in [0.3, 0.4) is 0 Å². The highest BCUT2D eigenvalue weighted by Gasteiger charge is 2.77.